The zero-order valence-electron chi connectivity index (χ0n) is 9.67. The van der Waals surface area contributed by atoms with Crippen LogP contribution in [0.3, 0.4) is 0 Å². The molecule has 0 bridgehead atoms. The van der Waals surface area contributed by atoms with Crippen LogP contribution in [0.1, 0.15) is 18.4 Å². The molecule has 6 heteroatoms. The van der Waals surface area contributed by atoms with Crippen molar-refractivity contribution in [3.05, 3.63) is 28.2 Å². The molecule has 18 heavy (non-hydrogen) atoms. The Labute approximate surface area is 112 Å². The first-order valence-electron chi connectivity index (χ1n) is 5.75. The van der Waals surface area contributed by atoms with Crippen molar-refractivity contribution in [2.75, 3.05) is 18.0 Å². The molecule has 1 saturated heterocycles. The first-order valence-corrected chi connectivity index (χ1v) is 6.54. The molecular formula is C12H14BrF3N2. The van der Waals surface area contributed by atoms with Crippen LogP contribution in [0.5, 0.6) is 0 Å². The number of piperidine rings is 1. The number of nitrogens with zero attached hydrogens (tertiary/aromatic N) is 1. The Morgan fingerprint density at radius 3 is 2.39 bits per heavy atom. The summed E-state index contributed by atoms with van der Waals surface area (Å²) in [6, 6.07) is 3.89. The standard InChI is InChI=1S/C12H14BrF3N2/c13-10-2-1-8(12(14,15)16)7-11(10)18-5-3-9(17)4-6-18/h1-2,7,9H,3-6,17H2. The maximum Gasteiger partial charge on any atom is 0.416 e. The van der Waals surface area contributed by atoms with Crippen molar-refractivity contribution >= 4 is 21.6 Å². The first kappa shape index (κ1) is 13.7. The fraction of sp³-hybridized carbons (Fsp3) is 0.500. The third kappa shape index (κ3) is 2.98. The Morgan fingerprint density at radius 1 is 1.22 bits per heavy atom. The van der Waals surface area contributed by atoms with Crippen molar-refractivity contribution in [1.82, 2.24) is 0 Å². The number of alkyl halides is 3. The summed E-state index contributed by atoms with van der Waals surface area (Å²) < 4.78 is 38.7. The highest BCUT2D eigenvalue weighted by molar-refractivity contribution is 9.10. The predicted molar refractivity (Wildman–Crippen MR) is 68.6 cm³/mol. The molecule has 0 aromatic heterocycles. The molecule has 2 N–H and O–H groups in total. The van der Waals surface area contributed by atoms with Crippen LogP contribution in [0.25, 0.3) is 0 Å². The van der Waals surface area contributed by atoms with Crippen molar-refractivity contribution in [2.24, 2.45) is 5.73 Å². The van der Waals surface area contributed by atoms with Crippen molar-refractivity contribution in [3.63, 3.8) is 0 Å². The van der Waals surface area contributed by atoms with Crippen LogP contribution in [-0.2, 0) is 6.18 Å². The van der Waals surface area contributed by atoms with Gasteiger partial charge in [-0.1, -0.05) is 0 Å². The maximum absolute atomic E-state index is 12.7. The van der Waals surface area contributed by atoms with E-state index < -0.39 is 11.7 Å². The lowest BCUT2D eigenvalue weighted by Gasteiger charge is -2.33. The zero-order chi connectivity index (χ0) is 13.3. The molecule has 1 fully saturated rings. The number of anilines is 1. The van der Waals surface area contributed by atoms with E-state index in [2.05, 4.69) is 15.9 Å². The molecule has 0 spiro atoms. The van der Waals surface area contributed by atoms with E-state index in [1.807, 2.05) is 4.90 Å². The molecular weight excluding hydrogens is 309 g/mol. The van der Waals surface area contributed by atoms with Gasteiger partial charge in [-0.2, -0.15) is 13.2 Å². The molecule has 1 aromatic rings. The van der Waals surface area contributed by atoms with E-state index in [9.17, 15) is 13.2 Å². The van der Waals surface area contributed by atoms with Crippen LogP contribution in [0.4, 0.5) is 18.9 Å². The lowest BCUT2D eigenvalue weighted by molar-refractivity contribution is -0.137. The van der Waals surface area contributed by atoms with E-state index in [1.165, 1.54) is 12.1 Å². The monoisotopic (exact) mass is 322 g/mol. The lowest BCUT2D eigenvalue weighted by Crippen LogP contribution is -2.39. The van der Waals surface area contributed by atoms with Gasteiger partial charge in [-0.25, -0.2) is 0 Å². The summed E-state index contributed by atoms with van der Waals surface area (Å²) in [7, 11) is 0. The van der Waals surface area contributed by atoms with Gasteiger partial charge in [0.15, 0.2) is 0 Å². The molecule has 0 radical (unpaired) electrons. The highest BCUT2D eigenvalue weighted by Crippen LogP contribution is 2.36. The molecule has 1 heterocycles. The fourth-order valence-corrected chi connectivity index (χ4v) is 2.57. The second-order valence-electron chi connectivity index (χ2n) is 4.49. The van der Waals surface area contributed by atoms with Gasteiger partial charge in [0.2, 0.25) is 0 Å². The summed E-state index contributed by atoms with van der Waals surface area (Å²) in [5, 5.41) is 0. The number of hydrogen-bond donors (Lipinski definition) is 1. The van der Waals surface area contributed by atoms with Crippen LogP contribution in [-0.4, -0.2) is 19.1 Å². The van der Waals surface area contributed by atoms with Gasteiger partial charge in [0, 0.05) is 23.6 Å². The largest absolute Gasteiger partial charge is 0.416 e. The van der Waals surface area contributed by atoms with E-state index in [0.717, 1.165) is 18.9 Å². The van der Waals surface area contributed by atoms with E-state index in [-0.39, 0.29) is 6.04 Å². The first-order chi connectivity index (χ1) is 8.38. The van der Waals surface area contributed by atoms with Crippen molar-refractivity contribution < 1.29 is 13.2 Å². The molecule has 100 valence electrons. The third-order valence-corrected chi connectivity index (χ3v) is 3.82. The summed E-state index contributed by atoms with van der Waals surface area (Å²) in [5.41, 5.74) is 5.77. The van der Waals surface area contributed by atoms with Gasteiger partial charge in [-0.3, -0.25) is 0 Å². The Kier molecular flexibility index (Phi) is 3.87. The van der Waals surface area contributed by atoms with Gasteiger partial charge >= 0.3 is 6.18 Å². The average Bonchev–Trinajstić information content (AvgIpc) is 2.29. The molecule has 0 aliphatic carbocycles. The molecule has 0 unspecified atom stereocenters. The highest BCUT2D eigenvalue weighted by Gasteiger charge is 2.31. The Balaban J connectivity index is 2.27. The van der Waals surface area contributed by atoms with Crippen molar-refractivity contribution in [2.45, 2.75) is 25.1 Å². The number of hydrogen-bond acceptors (Lipinski definition) is 2. The summed E-state index contributed by atoms with van der Waals surface area (Å²) in [6.07, 6.45) is -2.69. The molecule has 1 aromatic carbocycles. The van der Waals surface area contributed by atoms with Gasteiger partial charge in [0.25, 0.3) is 0 Å². The quantitative estimate of drug-likeness (QED) is 0.858. The van der Waals surface area contributed by atoms with Gasteiger partial charge in [0.05, 0.1) is 11.3 Å². The van der Waals surface area contributed by atoms with Gasteiger partial charge in [-0.05, 0) is 47.0 Å². The number of benzene rings is 1. The molecule has 1 aliphatic rings. The Bertz CT molecular complexity index is 426. The van der Waals surface area contributed by atoms with E-state index in [4.69, 9.17) is 5.73 Å². The predicted octanol–water partition coefficient (Wildman–Crippen LogP) is 3.40. The van der Waals surface area contributed by atoms with Gasteiger partial charge in [-0.15, -0.1) is 0 Å². The summed E-state index contributed by atoms with van der Waals surface area (Å²) in [5.74, 6) is 0. The summed E-state index contributed by atoms with van der Waals surface area (Å²) in [6.45, 7) is 1.39. The second kappa shape index (κ2) is 5.09. The van der Waals surface area contributed by atoms with E-state index in [0.29, 0.717) is 23.2 Å². The summed E-state index contributed by atoms with van der Waals surface area (Å²) in [4.78, 5) is 1.95. The van der Waals surface area contributed by atoms with Gasteiger partial charge < -0.3 is 10.6 Å². The molecule has 0 amide bonds. The SMILES string of the molecule is NC1CCN(c2cc(C(F)(F)F)ccc2Br)CC1. The minimum absolute atomic E-state index is 0.158. The number of rotatable bonds is 1. The molecule has 2 nitrogen and oxygen atoms in total. The second-order valence-corrected chi connectivity index (χ2v) is 5.34. The van der Waals surface area contributed by atoms with Crippen LogP contribution in [0.15, 0.2) is 22.7 Å². The van der Waals surface area contributed by atoms with Crippen molar-refractivity contribution in [1.29, 1.82) is 0 Å². The topological polar surface area (TPSA) is 29.3 Å². The molecule has 0 atom stereocenters. The molecule has 1 aliphatic heterocycles. The number of nitrogens with two attached hydrogens (primary N) is 1. The van der Waals surface area contributed by atoms with Crippen molar-refractivity contribution in [3.8, 4) is 0 Å². The minimum atomic E-state index is -4.30. The lowest BCUT2D eigenvalue weighted by atomic mass is 10.0. The molecule has 0 saturated carbocycles. The zero-order valence-corrected chi connectivity index (χ0v) is 11.3. The van der Waals surface area contributed by atoms with Crippen LogP contribution in [0, 0.1) is 0 Å². The smallest absolute Gasteiger partial charge is 0.370 e. The summed E-state index contributed by atoms with van der Waals surface area (Å²) >= 11 is 3.31. The number of halogens is 4. The van der Waals surface area contributed by atoms with Crippen LogP contribution < -0.4 is 10.6 Å². The maximum atomic E-state index is 12.7. The minimum Gasteiger partial charge on any atom is -0.370 e. The van der Waals surface area contributed by atoms with Crippen LogP contribution in [0.2, 0.25) is 0 Å². The molecule has 2 rings (SSSR count). The highest BCUT2D eigenvalue weighted by atomic mass is 79.9. The van der Waals surface area contributed by atoms with Crippen LogP contribution >= 0.6 is 15.9 Å². The fourth-order valence-electron chi connectivity index (χ4n) is 2.07. The van der Waals surface area contributed by atoms with E-state index >= 15 is 0 Å². The Morgan fingerprint density at radius 2 is 1.83 bits per heavy atom. The van der Waals surface area contributed by atoms with E-state index in [1.54, 1.807) is 0 Å². The van der Waals surface area contributed by atoms with Gasteiger partial charge in [0.1, 0.15) is 0 Å². The normalized spacial score (nSPS) is 18.2. The average molecular weight is 323 g/mol. The Hall–Kier alpha value is -0.750. The third-order valence-electron chi connectivity index (χ3n) is 3.15.